The highest BCUT2D eigenvalue weighted by Crippen LogP contribution is 2.17. The monoisotopic (exact) mass is 154 g/mol. The number of epoxide rings is 1. The molecule has 60 valence electrons. The number of hydrogen-bond acceptors (Lipinski definition) is 3. The Hall–Kier alpha value is -0.800. The minimum atomic E-state index is -0.0223. The molecule has 0 aromatic carbocycles. The molecule has 2 rings (SSSR count). The van der Waals surface area contributed by atoms with Crippen molar-refractivity contribution in [3.8, 4) is 0 Å². The molecule has 0 bridgehead atoms. The van der Waals surface area contributed by atoms with E-state index in [1.165, 1.54) is 0 Å². The number of ether oxygens (including phenoxy) is 1. The van der Waals surface area contributed by atoms with Gasteiger partial charge >= 0.3 is 0 Å². The van der Waals surface area contributed by atoms with Crippen molar-refractivity contribution in [1.29, 1.82) is 0 Å². The molecule has 0 saturated carbocycles. The Morgan fingerprint density at radius 1 is 1.45 bits per heavy atom. The fourth-order valence-corrected chi connectivity index (χ4v) is 1.03. The predicted octanol–water partition coefficient (Wildman–Crippen LogP) is 0.713. The van der Waals surface area contributed by atoms with Crippen molar-refractivity contribution >= 4 is 0 Å². The van der Waals surface area contributed by atoms with Crippen molar-refractivity contribution in [3.63, 3.8) is 0 Å². The standard InChI is InChI=1S/C8H10O3/c9-4-7-2-1-6(11-7)3-8-5-10-8/h1-2,8-9H,3-5H2. The minimum Gasteiger partial charge on any atom is -0.464 e. The van der Waals surface area contributed by atoms with Gasteiger partial charge in [-0.05, 0) is 12.1 Å². The Balaban J connectivity index is 1.99. The first-order valence-electron chi connectivity index (χ1n) is 3.68. The number of aliphatic hydroxyl groups excluding tert-OH is 1. The quantitative estimate of drug-likeness (QED) is 0.652. The fourth-order valence-electron chi connectivity index (χ4n) is 1.03. The van der Waals surface area contributed by atoms with E-state index in [4.69, 9.17) is 14.3 Å². The summed E-state index contributed by atoms with van der Waals surface area (Å²) in [5.74, 6) is 1.53. The maximum Gasteiger partial charge on any atom is 0.129 e. The molecule has 1 aromatic heterocycles. The van der Waals surface area contributed by atoms with Crippen molar-refractivity contribution in [2.75, 3.05) is 6.61 Å². The summed E-state index contributed by atoms with van der Waals surface area (Å²) >= 11 is 0. The molecule has 1 aliphatic heterocycles. The average Bonchev–Trinajstić information content (AvgIpc) is 2.68. The van der Waals surface area contributed by atoms with Crippen LogP contribution < -0.4 is 0 Å². The molecule has 1 N–H and O–H groups in total. The van der Waals surface area contributed by atoms with Crippen LogP contribution in [0.5, 0.6) is 0 Å². The van der Waals surface area contributed by atoms with E-state index in [0.717, 1.165) is 18.8 Å². The van der Waals surface area contributed by atoms with E-state index in [1.54, 1.807) is 6.07 Å². The summed E-state index contributed by atoms with van der Waals surface area (Å²) in [7, 11) is 0. The minimum absolute atomic E-state index is 0.0223. The highest BCUT2D eigenvalue weighted by atomic mass is 16.6. The van der Waals surface area contributed by atoms with Crippen LogP contribution in [0.2, 0.25) is 0 Å². The van der Waals surface area contributed by atoms with Gasteiger partial charge in [0.05, 0.1) is 12.7 Å². The molecule has 1 unspecified atom stereocenters. The van der Waals surface area contributed by atoms with E-state index in [9.17, 15) is 0 Å². The Morgan fingerprint density at radius 3 is 2.73 bits per heavy atom. The summed E-state index contributed by atoms with van der Waals surface area (Å²) in [6.07, 6.45) is 1.19. The van der Waals surface area contributed by atoms with Gasteiger partial charge in [0.15, 0.2) is 0 Å². The Labute approximate surface area is 64.6 Å². The number of furan rings is 1. The van der Waals surface area contributed by atoms with E-state index >= 15 is 0 Å². The lowest BCUT2D eigenvalue weighted by molar-refractivity contribution is 0.242. The maximum atomic E-state index is 8.68. The van der Waals surface area contributed by atoms with Gasteiger partial charge in [0.25, 0.3) is 0 Å². The molecule has 11 heavy (non-hydrogen) atoms. The molecule has 0 spiro atoms. The van der Waals surface area contributed by atoms with Crippen LogP contribution in [0.4, 0.5) is 0 Å². The summed E-state index contributed by atoms with van der Waals surface area (Å²) in [6, 6.07) is 3.67. The van der Waals surface area contributed by atoms with E-state index in [2.05, 4.69) is 0 Å². The molecule has 0 amide bonds. The van der Waals surface area contributed by atoms with Crippen LogP contribution in [0.3, 0.4) is 0 Å². The van der Waals surface area contributed by atoms with Gasteiger partial charge in [-0.2, -0.15) is 0 Å². The SMILES string of the molecule is OCc1ccc(CC2CO2)o1. The fraction of sp³-hybridized carbons (Fsp3) is 0.500. The van der Waals surface area contributed by atoms with E-state index < -0.39 is 0 Å². The zero-order valence-corrected chi connectivity index (χ0v) is 6.12. The van der Waals surface area contributed by atoms with Crippen LogP contribution in [-0.4, -0.2) is 17.8 Å². The molecule has 1 atom stereocenters. The van der Waals surface area contributed by atoms with Crippen molar-refractivity contribution in [3.05, 3.63) is 23.7 Å². The second-order valence-electron chi connectivity index (χ2n) is 2.69. The molecular weight excluding hydrogens is 144 g/mol. The normalized spacial score (nSPS) is 22.1. The van der Waals surface area contributed by atoms with Gasteiger partial charge in [-0.1, -0.05) is 0 Å². The van der Waals surface area contributed by atoms with E-state index in [1.807, 2.05) is 6.07 Å². The van der Waals surface area contributed by atoms with Crippen molar-refractivity contribution in [2.45, 2.75) is 19.1 Å². The van der Waals surface area contributed by atoms with Crippen LogP contribution in [0.25, 0.3) is 0 Å². The van der Waals surface area contributed by atoms with Crippen molar-refractivity contribution in [1.82, 2.24) is 0 Å². The smallest absolute Gasteiger partial charge is 0.129 e. The van der Waals surface area contributed by atoms with Gasteiger partial charge in [-0.3, -0.25) is 0 Å². The zero-order valence-electron chi connectivity index (χ0n) is 6.12. The first-order chi connectivity index (χ1) is 5.38. The van der Waals surface area contributed by atoms with Gasteiger partial charge < -0.3 is 14.3 Å². The summed E-state index contributed by atoms with van der Waals surface area (Å²) in [5, 5.41) is 8.68. The van der Waals surface area contributed by atoms with Gasteiger partial charge in [-0.15, -0.1) is 0 Å². The zero-order chi connectivity index (χ0) is 7.68. The second-order valence-corrected chi connectivity index (χ2v) is 2.69. The van der Waals surface area contributed by atoms with Crippen molar-refractivity contribution in [2.24, 2.45) is 0 Å². The summed E-state index contributed by atoms with van der Waals surface area (Å²) in [4.78, 5) is 0. The van der Waals surface area contributed by atoms with Crippen LogP contribution in [-0.2, 0) is 17.8 Å². The maximum absolute atomic E-state index is 8.68. The molecule has 1 fully saturated rings. The Kier molecular flexibility index (Phi) is 1.68. The van der Waals surface area contributed by atoms with Crippen LogP contribution in [0, 0.1) is 0 Å². The first kappa shape index (κ1) is 6.88. The number of aliphatic hydroxyl groups is 1. The topological polar surface area (TPSA) is 45.9 Å². The van der Waals surface area contributed by atoms with E-state index in [0.29, 0.717) is 11.9 Å². The lowest BCUT2D eigenvalue weighted by atomic mass is 10.3. The third-order valence-electron chi connectivity index (χ3n) is 1.70. The Bertz CT molecular complexity index is 237. The van der Waals surface area contributed by atoms with Gasteiger partial charge in [0, 0.05) is 6.42 Å². The van der Waals surface area contributed by atoms with Crippen LogP contribution >= 0.6 is 0 Å². The molecule has 0 aliphatic carbocycles. The summed E-state index contributed by atoms with van der Waals surface area (Å²) in [6.45, 7) is 0.820. The number of rotatable bonds is 3. The molecule has 1 aliphatic rings. The largest absolute Gasteiger partial charge is 0.464 e. The molecule has 1 saturated heterocycles. The highest BCUT2D eigenvalue weighted by Gasteiger charge is 2.23. The molecule has 0 radical (unpaired) electrons. The molecule has 3 nitrogen and oxygen atoms in total. The van der Waals surface area contributed by atoms with Gasteiger partial charge in [0.1, 0.15) is 18.1 Å². The van der Waals surface area contributed by atoms with Crippen LogP contribution in [0.15, 0.2) is 16.5 Å². The molecule has 1 aromatic rings. The molecule has 3 heteroatoms. The van der Waals surface area contributed by atoms with Crippen LogP contribution in [0.1, 0.15) is 11.5 Å². The van der Waals surface area contributed by atoms with Crippen molar-refractivity contribution < 1.29 is 14.3 Å². The average molecular weight is 154 g/mol. The second kappa shape index (κ2) is 2.68. The predicted molar refractivity (Wildman–Crippen MR) is 38.1 cm³/mol. The first-order valence-corrected chi connectivity index (χ1v) is 3.68. The third-order valence-corrected chi connectivity index (χ3v) is 1.70. The molecule has 2 heterocycles. The van der Waals surface area contributed by atoms with Gasteiger partial charge in [-0.25, -0.2) is 0 Å². The lowest BCUT2D eigenvalue weighted by Crippen LogP contribution is -1.89. The van der Waals surface area contributed by atoms with Gasteiger partial charge in [0.2, 0.25) is 0 Å². The summed E-state index contributed by atoms with van der Waals surface area (Å²) < 4.78 is 10.3. The molecular formula is C8H10O3. The summed E-state index contributed by atoms with van der Waals surface area (Å²) in [5.41, 5.74) is 0. The number of hydrogen-bond donors (Lipinski definition) is 1. The lowest BCUT2D eigenvalue weighted by Gasteiger charge is -1.89. The Morgan fingerprint density at radius 2 is 2.18 bits per heavy atom. The van der Waals surface area contributed by atoms with E-state index in [-0.39, 0.29) is 6.61 Å². The highest BCUT2D eigenvalue weighted by molar-refractivity contribution is 5.08. The third kappa shape index (κ3) is 1.61.